The fraction of sp³-hybridized carbons (Fsp3) is 0.0909. The summed E-state index contributed by atoms with van der Waals surface area (Å²) in [5.74, 6) is 0.463. The second kappa shape index (κ2) is 8.43. The van der Waals surface area contributed by atoms with Crippen LogP contribution in [0.4, 0.5) is 5.69 Å². The molecular formula is C22H20N5O2P. The molecule has 3 N–H and O–H groups in total. The van der Waals surface area contributed by atoms with Crippen molar-refractivity contribution in [2.24, 2.45) is 0 Å². The van der Waals surface area contributed by atoms with Crippen molar-refractivity contribution in [2.75, 3.05) is 5.32 Å². The number of aromatic amines is 1. The van der Waals surface area contributed by atoms with E-state index in [1.54, 1.807) is 24.4 Å². The Balaban J connectivity index is 1.57. The first-order valence-corrected chi connectivity index (χ1v) is 9.89. The zero-order valence-electron chi connectivity index (χ0n) is 16.2. The number of hydrogen-bond donors (Lipinski definition) is 3. The number of aromatic nitrogens is 3. The maximum Gasteiger partial charge on any atom is 0.302 e. The molecule has 8 heteroatoms. The molecule has 2 aromatic carbocycles. The molecule has 150 valence electrons. The van der Waals surface area contributed by atoms with Gasteiger partial charge in [-0.2, -0.15) is 4.98 Å². The SMILES string of the molecule is CC(Nc1ccc(Oc2nc3cnccc3c(=O)[nH]2)cc1C=N)c1ccc(P)cc1. The van der Waals surface area contributed by atoms with Crippen LogP contribution >= 0.6 is 9.24 Å². The molecule has 2 unspecified atom stereocenters. The fourth-order valence-corrected chi connectivity index (χ4v) is 3.28. The average Bonchev–Trinajstić information content (AvgIpc) is 2.75. The lowest BCUT2D eigenvalue weighted by Crippen LogP contribution is -2.10. The van der Waals surface area contributed by atoms with Gasteiger partial charge in [0, 0.05) is 29.7 Å². The van der Waals surface area contributed by atoms with Gasteiger partial charge in [-0.3, -0.25) is 14.8 Å². The molecule has 0 fully saturated rings. The molecule has 0 aliphatic heterocycles. The Kier molecular flexibility index (Phi) is 5.55. The van der Waals surface area contributed by atoms with E-state index in [9.17, 15) is 4.79 Å². The van der Waals surface area contributed by atoms with Crippen LogP contribution in [0.25, 0.3) is 10.9 Å². The first-order chi connectivity index (χ1) is 14.5. The molecule has 0 saturated carbocycles. The number of benzene rings is 2. The molecule has 0 spiro atoms. The van der Waals surface area contributed by atoms with Gasteiger partial charge in [0.1, 0.15) is 5.75 Å². The summed E-state index contributed by atoms with van der Waals surface area (Å²) in [5.41, 5.74) is 2.76. The average molecular weight is 417 g/mol. The lowest BCUT2D eigenvalue weighted by atomic mass is 10.1. The van der Waals surface area contributed by atoms with Crippen LogP contribution in [-0.4, -0.2) is 21.2 Å². The van der Waals surface area contributed by atoms with Crippen LogP contribution in [-0.2, 0) is 0 Å². The molecule has 0 aliphatic rings. The summed E-state index contributed by atoms with van der Waals surface area (Å²) in [6.07, 6.45) is 4.31. The van der Waals surface area contributed by atoms with E-state index in [2.05, 4.69) is 48.6 Å². The van der Waals surface area contributed by atoms with E-state index in [0.29, 0.717) is 22.2 Å². The number of anilines is 1. The van der Waals surface area contributed by atoms with Gasteiger partial charge in [0.25, 0.3) is 5.56 Å². The standard InChI is InChI=1S/C22H20N5O2P/c1-13(14-2-5-17(30)6-3-14)25-19-7-4-16(10-15(19)11-23)29-22-26-20-12-24-9-8-18(20)21(28)27-22/h2-13,23,25H,30H2,1H3,(H,26,27,28). The number of nitrogens with one attached hydrogen (secondary N) is 3. The molecule has 30 heavy (non-hydrogen) atoms. The highest BCUT2D eigenvalue weighted by Gasteiger charge is 2.11. The Bertz CT molecular complexity index is 1270. The summed E-state index contributed by atoms with van der Waals surface area (Å²) in [6, 6.07) is 15.3. The molecule has 2 heterocycles. The lowest BCUT2D eigenvalue weighted by molar-refractivity contribution is 0.442. The summed E-state index contributed by atoms with van der Waals surface area (Å²) in [7, 11) is 2.67. The molecule has 2 aromatic heterocycles. The number of fused-ring (bicyclic) bond motifs is 1. The Hall–Kier alpha value is -3.57. The van der Waals surface area contributed by atoms with Crippen molar-refractivity contribution >= 4 is 37.3 Å². The van der Waals surface area contributed by atoms with Crippen LogP contribution in [0.5, 0.6) is 11.8 Å². The number of hydrogen-bond acceptors (Lipinski definition) is 6. The predicted octanol–water partition coefficient (Wildman–Crippen LogP) is 3.78. The molecule has 0 aliphatic carbocycles. The molecule has 0 amide bonds. The van der Waals surface area contributed by atoms with Crippen molar-refractivity contribution in [2.45, 2.75) is 13.0 Å². The molecule has 7 nitrogen and oxygen atoms in total. The van der Waals surface area contributed by atoms with E-state index in [1.807, 2.05) is 18.2 Å². The van der Waals surface area contributed by atoms with Crippen molar-refractivity contribution in [1.29, 1.82) is 5.41 Å². The van der Waals surface area contributed by atoms with Gasteiger partial charge < -0.3 is 15.5 Å². The van der Waals surface area contributed by atoms with E-state index < -0.39 is 0 Å². The van der Waals surface area contributed by atoms with Gasteiger partial charge in [-0.05, 0) is 42.1 Å². The van der Waals surface area contributed by atoms with Gasteiger partial charge in [0.2, 0.25) is 0 Å². The van der Waals surface area contributed by atoms with Gasteiger partial charge in [-0.1, -0.05) is 24.3 Å². The molecule has 2 atom stereocenters. The van der Waals surface area contributed by atoms with Gasteiger partial charge in [-0.15, -0.1) is 9.24 Å². The molecular weight excluding hydrogens is 397 g/mol. The van der Waals surface area contributed by atoms with Crippen molar-refractivity contribution in [3.05, 3.63) is 82.4 Å². The number of nitrogens with zero attached hydrogens (tertiary/aromatic N) is 2. The van der Waals surface area contributed by atoms with Crippen molar-refractivity contribution in [3.8, 4) is 11.8 Å². The van der Waals surface area contributed by atoms with E-state index in [4.69, 9.17) is 10.1 Å². The van der Waals surface area contributed by atoms with E-state index in [-0.39, 0.29) is 17.6 Å². The zero-order valence-corrected chi connectivity index (χ0v) is 17.4. The molecule has 0 radical (unpaired) electrons. The Morgan fingerprint density at radius 2 is 2.00 bits per heavy atom. The summed E-state index contributed by atoms with van der Waals surface area (Å²) in [6.45, 7) is 2.06. The highest BCUT2D eigenvalue weighted by atomic mass is 31.0. The monoisotopic (exact) mass is 417 g/mol. The van der Waals surface area contributed by atoms with Crippen LogP contribution < -0.4 is 20.9 Å². The Morgan fingerprint density at radius 3 is 2.77 bits per heavy atom. The van der Waals surface area contributed by atoms with Crippen molar-refractivity contribution < 1.29 is 4.74 Å². The minimum Gasteiger partial charge on any atom is -0.426 e. The first-order valence-electron chi connectivity index (χ1n) is 9.32. The summed E-state index contributed by atoms with van der Waals surface area (Å²) in [5, 5.41) is 12.8. The number of H-pyrrole nitrogens is 1. The summed E-state index contributed by atoms with van der Waals surface area (Å²) < 4.78 is 5.74. The van der Waals surface area contributed by atoms with Crippen molar-refractivity contribution in [3.63, 3.8) is 0 Å². The van der Waals surface area contributed by atoms with Gasteiger partial charge >= 0.3 is 6.01 Å². The highest BCUT2D eigenvalue weighted by Crippen LogP contribution is 2.27. The third-order valence-corrected chi connectivity index (χ3v) is 5.07. The number of pyridine rings is 1. The smallest absolute Gasteiger partial charge is 0.302 e. The van der Waals surface area contributed by atoms with E-state index in [1.165, 1.54) is 12.4 Å². The third kappa shape index (κ3) is 4.21. The maximum absolute atomic E-state index is 12.2. The van der Waals surface area contributed by atoms with Crippen molar-refractivity contribution in [1.82, 2.24) is 15.0 Å². The Morgan fingerprint density at radius 1 is 1.20 bits per heavy atom. The van der Waals surface area contributed by atoms with Crippen LogP contribution in [0.1, 0.15) is 24.1 Å². The Labute approximate surface area is 175 Å². The molecule has 4 rings (SSSR count). The molecule has 4 aromatic rings. The van der Waals surface area contributed by atoms with Crippen LogP contribution in [0, 0.1) is 5.41 Å². The molecule has 0 saturated heterocycles. The van der Waals surface area contributed by atoms with Gasteiger partial charge in [0.05, 0.1) is 17.1 Å². The largest absolute Gasteiger partial charge is 0.426 e. The minimum atomic E-state index is -0.298. The summed E-state index contributed by atoms with van der Waals surface area (Å²) >= 11 is 0. The van der Waals surface area contributed by atoms with Gasteiger partial charge in [-0.25, -0.2) is 0 Å². The van der Waals surface area contributed by atoms with Gasteiger partial charge in [0.15, 0.2) is 0 Å². The second-order valence-corrected chi connectivity index (χ2v) is 7.46. The van der Waals surface area contributed by atoms with Crippen LogP contribution in [0.15, 0.2) is 65.7 Å². The number of rotatable bonds is 6. The van der Waals surface area contributed by atoms with E-state index in [0.717, 1.165) is 16.6 Å². The summed E-state index contributed by atoms with van der Waals surface area (Å²) in [4.78, 5) is 23.1. The quantitative estimate of drug-likeness (QED) is 0.327. The third-order valence-electron chi connectivity index (χ3n) is 4.69. The fourth-order valence-electron chi connectivity index (χ4n) is 3.09. The van der Waals surface area contributed by atoms with E-state index >= 15 is 0 Å². The van der Waals surface area contributed by atoms with Crippen LogP contribution in [0.2, 0.25) is 0 Å². The topological polar surface area (TPSA) is 104 Å². The lowest BCUT2D eigenvalue weighted by Gasteiger charge is -2.18. The first kappa shape index (κ1) is 19.7. The zero-order chi connectivity index (χ0) is 21.1. The highest BCUT2D eigenvalue weighted by molar-refractivity contribution is 7.27. The number of ether oxygens (including phenoxy) is 1. The normalized spacial score (nSPS) is 11.8. The van der Waals surface area contributed by atoms with Crippen LogP contribution in [0.3, 0.4) is 0 Å². The predicted molar refractivity (Wildman–Crippen MR) is 122 cm³/mol. The second-order valence-electron chi connectivity index (χ2n) is 6.79. The molecule has 0 bridgehead atoms. The minimum absolute atomic E-state index is 0.0621. The maximum atomic E-state index is 12.2.